The number of fused-ring (bicyclic) bond motifs is 1. The number of hydrogen-bond donors (Lipinski definition) is 0. The second-order valence-corrected chi connectivity index (χ2v) is 5.51. The third kappa shape index (κ3) is 1.61. The molecule has 2 aromatic heterocycles. The lowest BCUT2D eigenvalue weighted by atomic mass is 10.0. The molecule has 1 saturated heterocycles. The standard InChI is InChI=1S/C12H15N3S/c1-9-4-2-6-15-11(9)13-14-12(15)10-5-3-7-16-8-10/h2,4,6,10H,3,5,7-8H2,1H3. The molecule has 0 aromatic carbocycles. The molecule has 3 heterocycles. The Kier molecular flexibility index (Phi) is 2.59. The van der Waals surface area contributed by atoms with Crippen LogP contribution in [-0.2, 0) is 0 Å². The summed E-state index contributed by atoms with van der Waals surface area (Å²) in [7, 11) is 0. The zero-order valence-corrected chi connectivity index (χ0v) is 10.2. The highest BCUT2D eigenvalue weighted by atomic mass is 32.2. The average molecular weight is 233 g/mol. The predicted molar refractivity (Wildman–Crippen MR) is 67.0 cm³/mol. The van der Waals surface area contributed by atoms with Crippen molar-refractivity contribution in [2.24, 2.45) is 0 Å². The van der Waals surface area contributed by atoms with Crippen molar-refractivity contribution in [2.75, 3.05) is 11.5 Å². The Hall–Kier alpha value is -1.03. The first-order chi connectivity index (χ1) is 7.86. The Morgan fingerprint density at radius 1 is 1.44 bits per heavy atom. The van der Waals surface area contributed by atoms with Gasteiger partial charge in [0.25, 0.3) is 0 Å². The van der Waals surface area contributed by atoms with Gasteiger partial charge in [0.2, 0.25) is 0 Å². The molecule has 1 aliphatic heterocycles. The molecule has 0 radical (unpaired) electrons. The third-order valence-corrected chi connectivity index (χ3v) is 4.40. The Morgan fingerprint density at radius 3 is 3.19 bits per heavy atom. The zero-order valence-electron chi connectivity index (χ0n) is 9.39. The third-order valence-electron chi connectivity index (χ3n) is 3.18. The fourth-order valence-electron chi connectivity index (χ4n) is 2.29. The molecule has 0 aliphatic carbocycles. The summed E-state index contributed by atoms with van der Waals surface area (Å²) in [6.07, 6.45) is 4.63. The number of rotatable bonds is 1. The van der Waals surface area contributed by atoms with Crippen molar-refractivity contribution in [3.63, 3.8) is 0 Å². The number of aryl methyl sites for hydroxylation is 1. The van der Waals surface area contributed by atoms with Gasteiger partial charge in [-0.2, -0.15) is 11.8 Å². The molecular formula is C12H15N3S. The fraction of sp³-hybridized carbons (Fsp3) is 0.500. The smallest absolute Gasteiger partial charge is 0.163 e. The Bertz CT molecular complexity index is 500. The molecule has 4 heteroatoms. The van der Waals surface area contributed by atoms with E-state index in [-0.39, 0.29) is 0 Å². The van der Waals surface area contributed by atoms with E-state index in [1.807, 2.05) is 11.8 Å². The highest BCUT2D eigenvalue weighted by molar-refractivity contribution is 7.99. The van der Waals surface area contributed by atoms with Crippen molar-refractivity contribution in [2.45, 2.75) is 25.7 Å². The lowest BCUT2D eigenvalue weighted by molar-refractivity contribution is 0.617. The molecule has 1 atom stereocenters. The maximum atomic E-state index is 4.38. The first-order valence-corrected chi connectivity index (χ1v) is 6.90. The van der Waals surface area contributed by atoms with Gasteiger partial charge in [0.1, 0.15) is 5.82 Å². The molecule has 3 rings (SSSR count). The number of aromatic nitrogens is 3. The van der Waals surface area contributed by atoms with Crippen LogP contribution in [0, 0.1) is 6.92 Å². The van der Waals surface area contributed by atoms with E-state index in [4.69, 9.17) is 0 Å². The van der Waals surface area contributed by atoms with E-state index in [0.29, 0.717) is 5.92 Å². The van der Waals surface area contributed by atoms with Crippen molar-refractivity contribution in [3.8, 4) is 0 Å². The topological polar surface area (TPSA) is 30.2 Å². The summed E-state index contributed by atoms with van der Waals surface area (Å²) in [4.78, 5) is 0. The minimum atomic E-state index is 0.579. The molecule has 16 heavy (non-hydrogen) atoms. The van der Waals surface area contributed by atoms with Crippen molar-refractivity contribution in [1.82, 2.24) is 14.6 Å². The minimum Gasteiger partial charge on any atom is -0.286 e. The summed E-state index contributed by atoms with van der Waals surface area (Å²) in [5.41, 5.74) is 2.21. The van der Waals surface area contributed by atoms with Gasteiger partial charge in [-0.15, -0.1) is 10.2 Å². The summed E-state index contributed by atoms with van der Waals surface area (Å²) in [5, 5.41) is 8.68. The van der Waals surface area contributed by atoms with Crippen LogP contribution in [0.2, 0.25) is 0 Å². The summed E-state index contributed by atoms with van der Waals surface area (Å²) in [6.45, 7) is 2.09. The second kappa shape index (κ2) is 4.09. The highest BCUT2D eigenvalue weighted by Crippen LogP contribution is 2.30. The molecule has 0 saturated carbocycles. The largest absolute Gasteiger partial charge is 0.286 e. The molecule has 0 N–H and O–H groups in total. The molecule has 3 nitrogen and oxygen atoms in total. The molecule has 1 unspecified atom stereocenters. The average Bonchev–Trinajstić information content (AvgIpc) is 2.75. The van der Waals surface area contributed by atoms with Gasteiger partial charge < -0.3 is 0 Å². The van der Waals surface area contributed by atoms with Crippen molar-refractivity contribution >= 4 is 17.4 Å². The summed E-state index contributed by atoms with van der Waals surface area (Å²) in [5.74, 6) is 4.21. The van der Waals surface area contributed by atoms with Gasteiger partial charge in [-0.05, 0) is 37.1 Å². The number of pyridine rings is 1. The SMILES string of the molecule is Cc1cccn2c(C3CCCSC3)nnc12. The molecule has 0 amide bonds. The van der Waals surface area contributed by atoms with E-state index in [1.165, 1.54) is 29.9 Å². The molecule has 0 bridgehead atoms. The first-order valence-electron chi connectivity index (χ1n) is 5.74. The van der Waals surface area contributed by atoms with Crippen LogP contribution in [0.15, 0.2) is 18.3 Å². The van der Waals surface area contributed by atoms with Crippen molar-refractivity contribution < 1.29 is 0 Å². The summed E-state index contributed by atoms with van der Waals surface area (Å²) < 4.78 is 2.16. The quantitative estimate of drug-likeness (QED) is 0.758. The van der Waals surface area contributed by atoms with Gasteiger partial charge in [-0.1, -0.05) is 6.07 Å². The van der Waals surface area contributed by atoms with E-state index in [0.717, 1.165) is 11.5 Å². The van der Waals surface area contributed by atoms with E-state index in [9.17, 15) is 0 Å². The summed E-state index contributed by atoms with van der Waals surface area (Å²) in [6, 6.07) is 4.16. The van der Waals surface area contributed by atoms with Gasteiger partial charge in [0.15, 0.2) is 5.65 Å². The van der Waals surface area contributed by atoms with Gasteiger partial charge in [-0.25, -0.2) is 0 Å². The van der Waals surface area contributed by atoms with Crippen LogP contribution in [0.4, 0.5) is 0 Å². The van der Waals surface area contributed by atoms with Gasteiger partial charge >= 0.3 is 0 Å². The molecule has 84 valence electrons. The highest BCUT2D eigenvalue weighted by Gasteiger charge is 2.21. The lowest BCUT2D eigenvalue weighted by Crippen LogP contribution is -2.12. The van der Waals surface area contributed by atoms with E-state index in [2.05, 4.69) is 39.9 Å². The maximum absolute atomic E-state index is 4.38. The van der Waals surface area contributed by atoms with Crippen LogP contribution in [0.25, 0.3) is 5.65 Å². The van der Waals surface area contributed by atoms with Crippen molar-refractivity contribution in [3.05, 3.63) is 29.7 Å². The number of nitrogens with zero attached hydrogens (tertiary/aromatic N) is 3. The molecule has 2 aromatic rings. The molecule has 1 aliphatic rings. The lowest BCUT2D eigenvalue weighted by Gasteiger charge is -2.19. The molecular weight excluding hydrogens is 218 g/mol. The van der Waals surface area contributed by atoms with Crippen LogP contribution in [0.5, 0.6) is 0 Å². The number of thioether (sulfide) groups is 1. The maximum Gasteiger partial charge on any atom is 0.163 e. The van der Waals surface area contributed by atoms with Crippen LogP contribution in [0.3, 0.4) is 0 Å². The minimum absolute atomic E-state index is 0.579. The number of hydrogen-bond acceptors (Lipinski definition) is 3. The normalized spacial score (nSPS) is 21.4. The monoisotopic (exact) mass is 233 g/mol. The van der Waals surface area contributed by atoms with Gasteiger partial charge in [-0.3, -0.25) is 4.40 Å². The molecule has 1 fully saturated rings. The first kappa shape index (κ1) is 10.1. The van der Waals surface area contributed by atoms with E-state index < -0.39 is 0 Å². The second-order valence-electron chi connectivity index (χ2n) is 4.36. The van der Waals surface area contributed by atoms with Crippen LogP contribution < -0.4 is 0 Å². The Labute approximate surface area is 99.3 Å². The summed E-state index contributed by atoms with van der Waals surface area (Å²) >= 11 is 2.03. The zero-order chi connectivity index (χ0) is 11.0. The molecule has 0 spiro atoms. The van der Waals surface area contributed by atoms with E-state index >= 15 is 0 Å². The van der Waals surface area contributed by atoms with Crippen molar-refractivity contribution in [1.29, 1.82) is 0 Å². The van der Waals surface area contributed by atoms with Crippen LogP contribution in [-0.4, -0.2) is 26.1 Å². The van der Waals surface area contributed by atoms with Gasteiger partial charge in [0, 0.05) is 17.9 Å². The predicted octanol–water partition coefficient (Wildman–Crippen LogP) is 2.65. The fourth-order valence-corrected chi connectivity index (χ4v) is 3.43. The van der Waals surface area contributed by atoms with E-state index in [1.54, 1.807) is 0 Å². The van der Waals surface area contributed by atoms with Crippen LogP contribution >= 0.6 is 11.8 Å². The van der Waals surface area contributed by atoms with Crippen LogP contribution in [0.1, 0.15) is 30.1 Å². The van der Waals surface area contributed by atoms with Gasteiger partial charge in [0.05, 0.1) is 0 Å². The Balaban J connectivity index is 2.06. The Morgan fingerprint density at radius 2 is 2.38 bits per heavy atom.